The van der Waals surface area contributed by atoms with Gasteiger partial charge in [-0.25, -0.2) is 0 Å². The summed E-state index contributed by atoms with van der Waals surface area (Å²) in [7, 11) is 0. The molecular weight excluding hydrogens is 250 g/mol. The molecule has 1 aliphatic rings. The largest absolute Gasteiger partial charge is 0.488 e. The molecule has 1 aliphatic carbocycles. The SMILES string of the molecule is CCCOC1C(NCC)CC1Oc1cccc(CC)c1. The first-order chi connectivity index (χ1) is 9.78. The summed E-state index contributed by atoms with van der Waals surface area (Å²) < 4.78 is 12.1. The summed E-state index contributed by atoms with van der Waals surface area (Å²) in [6, 6.07) is 8.82. The van der Waals surface area contributed by atoms with E-state index in [0.29, 0.717) is 6.04 Å². The van der Waals surface area contributed by atoms with E-state index in [1.807, 2.05) is 6.07 Å². The quantitative estimate of drug-likeness (QED) is 0.791. The molecule has 1 fully saturated rings. The van der Waals surface area contributed by atoms with Crippen molar-refractivity contribution >= 4 is 0 Å². The fourth-order valence-electron chi connectivity index (χ4n) is 2.65. The second kappa shape index (κ2) is 7.65. The van der Waals surface area contributed by atoms with Crippen LogP contribution >= 0.6 is 0 Å². The molecule has 0 saturated heterocycles. The molecule has 0 heterocycles. The Bertz CT molecular complexity index is 408. The second-order valence-electron chi connectivity index (χ2n) is 5.39. The number of hydrogen-bond acceptors (Lipinski definition) is 3. The average Bonchev–Trinajstić information content (AvgIpc) is 2.46. The molecule has 20 heavy (non-hydrogen) atoms. The Labute approximate surface area is 122 Å². The van der Waals surface area contributed by atoms with Gasteiger partial charge in [-0.3, -0.25) is 0 Å². The maximum atomic E-state index is 6.11. The van der Waals surface area contributed by atoms with Gasteiger partial charge in [0.15, 0.2) is 0 Å². The predicted molar refractivity (Wildman–Crippen MR) is 82.3 cm³/mol. The summed E-state index contributed by atoms with van der Waals surface area (Å²) in [5.41, 5.74) is 1.32. The van der Waals surface area contributed by atoms with Crippen LogP contribution < -0.4 is 10.1 Å². The van der Waals surface area contributed by atoms with E-state index in [1.165, 1.54) is 5.56 Å². The zero-order valence-corrected chi connectivity index (χ0v) is 12.9. The van der Waals surface area contributed by atoms with E-state index in [4.69, 9.17) is 9.47 Å². The van der Waals surface area contributed by atoms with Crippen molar-refractivity contribution in [2.24, 2.45) is 0 Å². The Kier molecular flexibility index (Phi) is 5.86. The smallest absolute Gasteiger partial charge is 0.128 e. The number of aryl methyl sites for hydroxylation is 1. The van der Waals surface area contributed by atoms with Gasteiger partial charge in [0.25, 0.3) is 0 Å². The van der Waals surface area contributed by atoms with Crippen molar-refractivity contribution in [1.82, 2.24) is 5.32 Å². The van der Waals surface area contributed by atoms with Gasteiger partial charge in [0.05, 0.1) is 0 Å². The van der Waals surface area contributed by atoms with Crippen LogP contribution in [0.25, 0.3) is 0 Å². The molecule has 1 N–H and O–H groups in total. The highest BCUT2D eigenvalue weighted by molar-refractivity contribution is 5.29. The summed E-state index contributed by atoms with van der Waals surface area (Å²) >= 11 is 0. The van der Waals surface area contributed by atoms with Crippen molar-refractivity contribution < 1.29 is 9.47 Å². The molecule has 1 aromatic rings. The highest BCUT2D eigenvalue weighted by atomic mass is 16.5. The third-order valence-corrected chi connectivity index (χ3v) is 3.82. The highest BCUT2D eigenvalue weighted by Crippen LogP contribution is 2.29. The molecule has 1 saturated carbocycles. The van der Waals surface area contributed by atoms with Crippen LogP contribution in [0.5, 0.6) is 5.75 Å². The zero-order chi connectivity index (χ0) is 14.4. The molecular formula is C17H27NO2. The summed E-state index contributed by atoms with van der Waals surface area (Å²) in [4.78, 5) is 0. The van der Waals surface area contributed by atoms with Crippen molar-refractivity contribution in [3.63, 3.8) is 0 Å². The fourth-order valence-corrected chi connectivity index (χ4v) is 2.65. The van der Waals surface area contributed by atoms with E-state index in [2.05, 4.69) is 44.3 Å². The van der Waals surface area contributed by atoms with Crippen LogP contribution in [-0.2, 0) is 11.2 Å². The van der Waals surface area contributed by atoms with Crippen LogP contribution in [0.2, 0.25) is 0 Å². The minimum absolute atomic E-state index is 0.178. The van der Waals surface area contributed by atoms with Gasteiger partial charge in [0.2, 0.25) is 0 Å². The van der Waals surface area contributed by atoms with Gasteiger partial charge in [-0.1, -0.05) is 32.9 Å². The molecule has 3 heteroatoms. The third-order valence-electron chi connectivity index (χ3n) is 3.82. The first kappa shape index (κ1) is 15.3. The fraction of sp³-hybridized carbons (Fsp3) is 0.647. The first-order valence-electron chi connectivity index (χ1n) is 7.89. The van der Waals surface area contributed by atoms with Crippen molar-refractivity contribution in [3.05, 3.63) is 29.8 Å². The Morgan fingerprint density at radius 1 is 1.25 bits per heavy atom. The van der Waals surface area contributed by atoms with Gasteiger partial charge < -0.3 is 14.8 Å². The predicted octanol–water partition coefficient (Wildman–Crippen LogP) is 3.17. The molecule has 2 rings (SSSR count). The summed E-state index contributed by atoms with van der Waals surface area (Å²) in [6.07, 6.45) is 3.47. The maximum absolute atomic E-state index is 6.11. The lowest BCUT2D eigenvalue weighted by Crippen LogP contribution is -2.61. The topological polar surface area (TPSA) is 30.5 Å². The van der Waals surface area contributed by atoms with E-state index in [9.17, 15) is 0 Å². The Morgan fingerprint density at radius 2 is 2.10 bits per heavy atom. The minimum atomic E-state index is 0.178. The number of nitrogens with one attached hydrogen (secondary N) is 1. The van der Waals surface area contributed by atoms with E-state index in [0.717, 1.165) is 38.2 Å². The summed E-state index contributed by atoms with van der Waals surface area (Å²) in [6.45, 7) is 8.23. The van der Waals surface area contributed by atoms with Crippen LogP contribution in [0.15, 0.2) is 24.3 Å². The Morgan fingerprint density at radius 3 is 2.80 bits per heavy atom. The van der Waals surface area contributed by atoms with Crippen molar-refractivity contribution in [3.8, 4) is 5.75 Å². The molecule has 0 radical (unpaired) electrons. The highest BCUT2D eigenvalue weighted by Gasteiger charge is 2.43. The number of likely N-dealkylation sites (N-methyl/N-ethyl adjacent to an activating group) is 1. The number of ether oxygens (including phenoxy) is 2. The van der Waals surface area contributed by atoms with Gasteiger partial charge in [0.1, 0.15) is 18.0 Å². The Balaban J connectivity index is 1.93. The normalized spacial score (nSPS) is 25.2. The van der Waals surface area contributed by atoms with E-state index in [-0.39, 0.29) is 12.2 Å². The van der Waals surface area contributed by atoms with Crippen LogP contribution in [0.4, 0.5) is 0 Å². The maximum Gasteiger partial charge on any atom is 0.128 e. The van der Waals surface area contributed by atoms with Crippen molar-refractivity contribution in [1.29, 1.82) is 0 Å². The minimum Gasteiger partial charge on any atom is -0.488 e. The lowest BCUT2D eigenvalue weighted by molar-refractivity contribution is -0.107. The van der Waals surface area contributed by atoms with E-state index < -0.39 is 0 Å². The molecule has 0 spiro atoms. The first-order valence-corrected chi connectivity index (χ1v) is 7.89. The van der Waals surface area contributed by atoms with Gasteiger partial charge in [-0.2, -0.15) is 0 Å². The molecule has 112 valence electrons. The van der Waals surface area contributed by atoms with Gasteiger partial charge in [-0.05, 0) is 37.1 Å². The lowest BCUT2D eigenvalue weighted by atomic mass is 9.85. The van der Waals surface area contributed by atoms with Crippen LogP contribution in [-0.4, -0.2) is 31.4 Å². The number of benzene rings is 1. The molecule has 0 bridgehead atoms. The molecule has 3 atom stereocenters. The number of rotatable bonds is 8. The second-order valence-corrected chi connectivity index (χ2v) is 5.39. The molecule has 3 nitrogen and oxygen atoms in total. The lowest BCUT2D eigenvalue weighted by Gasteiger charge is -2.44. The van der Waals surface area contributed by atoms with E-state index >= 15 is 0 Å². The van der Waals surface area contributed by atoms with Crippen LogP contribution in [0.1, 0.15) is 39.2 Å². The van der Waals surface area contributed by atoms with Crippen molar-refractivity contribution in [2.75, 3.05) is 13.2 Å². The summed E-state index contributed by atoms with van der Waals surface area (Å²) in [5, 5.41) is 3.47. The molecule has 0 amide bonds. The van der Waals surface area contributed by atoms with E-state index in [1.54, 1.807) is 0 Å². The molecule has 1 aromatic carbocycles. The van der Waals surface area contributed by atoms with Crippen LogP contribution in [0.3, 0.4) is 0 Å². The third kappa shape index (κ3) is 3.74. The molecule has 0 aromatic heterocycles. The summed E-state index contributed by atoms with van der Waals surface area (Å²) in [5.74, 6) is 0.967. The van der Waals surface area contributed by atoms with Crippen molar-refractivity contribution in [2.45, 2.75) is 58.3 Å². The zero-order valence-electron chi connectivity index (χ0n) is 12.9. The molecule has 0 aliphatic heterocycles. The van der Waals surface area contributed by atoms with Gasteiger partial charge >= 0.3 is 0 Å². The average molecular weight is 277 g/mol. The van der Waals surface area contributed by atoms with Gasteiger partial charge in [0, 0.05) is 19.1 Å². The molecule has 3 unspecified atom stereocenters. The van der Waals surface area contributed by atoms with Crippen LogP contribution in [0, 0.1) is 0 Å². The standard InChI is InChI=1S/C17H27NO2/c1-4-10-19-17-15(18-6-3)12-16(17)20-14-9-7-8-13(5-2)11-14/h7-9,11,15-18H,4-6,10,12H2,1-3H3. The van der Waals surface area contributed by atoms with Gasteiger partial charge in [-0.15, -0.1) is 0 Å². The Hall–Kier alpha value is -1.06. The number of hydrogen-bond donors (Lipinski definition) is 1. The monoisotopic (exact) mass is 277 g/mol.